The highest BCUT2D eigenvalue weighted by Crippen LogP contribution is 2.17. The molecule has 0 fully saturated rings. The molecular weight excluding hydrogens is 384 g/mol. The summed E-state index contributed by atoms with van der Waals surface area (Å²) in [6.45, 7) is 6.45. The average Bonchev–Trinajstić information content (AvgIpc) is 3.29. The molecule has 4 aromatic rings. The molecular formula is C21H24N6O3. The van der Waals surface area contributed by atoms with Crippen LogP contribution in [0.5, 0.6) is 5.75 Å². The lowest BCUT2D eigenvalue weighted by Gasteiger charge is -2.10. The zero-order valence-electron chi connectivity index (χ0n) is 17.7. The van der Waals surface area contributed by atoms with E-state index in [4.69, 9.17) is 4.74 Å². The lowest BCUT2D eigenvalue weighted by Crippen LogP contribution is -2.39. The minimum absolute atomic E-state index is 0.162. The highest BCUT2D eigenvalue weighted by Gasteiger charge is 2.21. The highest BCUT2D eigenvalue weighted by atomic mass is 16.5. The van der Waals surface area contributed by atoms with Gasteiger partial charge in [-0.05, 0) is 44.5 Å². The largest absolute Gasteiger partial charge is 0.497 e. The van der Waals surface area contributed by atoms with Gasteiger partial charge in [0.25, 0.3) is 5.56 Å². The van der Waals surface area contributed by atoms with Gasteiger partial charge in [0.2, 0.25) is 5.95 Å². The SMILES string of the molecule is CCn1c(-n2nc(C)cc2C)nc2c1c(=O)n(Cc1ccc(OC)cc1)c(=O)n2C. The Kier molecular flexibility index (Phi) is 4.81. The summed E-state index contributed by atoms with van der Waals surface area (Å²) in [4.78, 5) is 31.0. The van der Waals surface area contributed by atoms with Crippen LogP contribution in [0.3, 0.4) is 0 Å². The van der Waals surface area contributed by atoms with Crippen LogP contribution in [0.2, 0.25) is 0 Å². The van der Waals surface area contributed by atoms with E-state index in [2.05, 4.69) is 10.1 Å². The highest BCUT2D eigenvalue weighted by molar-refractivity contribution is 5.72. The Labute approximate surface area is 172 Å². The van der Waals surface area contributed by atoms with Crippen molar-refractivity contribution < 1.29 is 4.74 Å². The maximum absolute atomic E-state index is 13.4. The third-order valence-corrected chi connectivity index (χ3v) is 5.23. The summed E-state index contributed by atoms with van der Waals surface area (Å²) in [7, 11) is 3.22. The van der Waals surface area contributed by atoms with E-state index >= 15 is 0 Å². The molecule has 0 unspecified atom stereocenters. The van der Waals surface area contributed by atoms with Crippen molar-refractivity contribution in [2.45, 2.75) is 33.9 Å². The molecule has 4 rings (SSSR count). The van der Waals surface area contributed by atoms with Gasteiger partial charge in [-0.25, -0.2) is 9.48 Å². The number of nitrogens with zero attached hydrogens (tertiary/aromatic N) is 6. The van der Waals surface area contributed by atoms with Gasteiger partial charge < -0.3 is 9.30 Å². The molecule has 30 heavy (non-hydrogen) atoms. The van der Waals surface area contributed by atoms with Gasteiger partial charge in [0.15, 0.2) is 11.2 Å². The van der Waals surface area contributed by atoms with Crippen LogP contribution >= 0.6 is 0 Å². The first-order chi connectivity index (χ1) is 14.3. The zero-order chi connectivity index (χ0) is 21.6. The van der Waals surface area contributed by atoms with E-state index in [1.807, 2.05) is 39.0 Å². The molecule has 3 heterocycles. The van der Waals surface area contributed by atoms with Crippen molar-refractivity contribution in [2.75, 3.05) is 7.11 Å². The van der Waals surface area contributed by atoms with Crippen LogP contribution in [-0.2, 0) is 20.1 Å². The standard InChI is InChI=1S/C21H24N6O3/c1-6-25-17-18(22-20(25)27-14(3)11-13(2)23-27)24(4)21(29)26(19(17)28)12-15-7-9-16(30-5)10-8-15/h7-11H,6,12H2,1-5H3. The van der Waals surface area contributed by atoms with E-state index in [0.717, 1.165) is 17.0 Å². The summed E-state index contributed by atoms with van der Waals surface area (Å²) >= 11 is 0. The van der Waals surface area contributed by atoms with Crippen molar-refractivity contribution in [1.82, 2.24) is 28.5 Å². The van der Waals surface area contributed by atoms with Gasteiger partial charge in [-0.15, -0.1) is 0 Å². The number of ether oxygens (including phenoxy) is 1. The molecule has 9 nitrogen and oxygen atoms in total. The Morgan fingerprint density at radius 1 is 1.07 bits per heavy atom. The van der Waals surface area contributed by atoms with Crippen LogP contribution in [0, 0.1) is 13.8 Å². The molecule has 0 aliphatic carbocycles. The summed E-state index contributed by atoms with van der Waals surface area (Å²) in [5.41, 5.74) is 2.54. The van der Waals surface area contributed by atoms with Gasteiger partial charge in [-0.1, -0.05) is 12.1 Å². The summed E-state index contributed by atoms with van der Waals surface area (Å²) in [6.07, 6.45) is 0. The van der Waals surface area contributed by atoms with E-state index in [1.165, 1.54) is 9.13 Å². The number of aromatic nitrogens is 6. The Balaban J connectivity index is 1.94. The second-order valence-electron chi connectivity index (χ2n) is 7.25. The second-order valence-corrected chi connectivity index (χ2v) is 7.25. The molecule has 0 saturated heterocycles. The third-order valence-electron chi connectivity index (χ3n) is 5.23. The molecule has 1 aromatic carbocycles. The van der Waals surface area contributed by atoms with E-state index in [-0.39, 0.29) is 12.1 Å². The number of hydrogen-bond acceptors (Lipinski definition) is 5. The van der Waals surface area contributed by atoms with Gasteiger partial charge in [-0.3, -0.25) is 13.9 Å². The molecule has 0 aliphatic heterocycles. The summed E-state index contributed by atoms with van der Waals surface area (Å²) in [6, 6.07) is 9.24. The molecule has 0 bridgehead atoms. The molecule has 3 aromatic heterocycles. The fourth-order valence-electron chi connectivity index (χ4n) is 3.71. The van der Waals surface area contributed by atoms with Crippen LogP contribution in [0.15, 0.2) is 39.9 Å². The van der Waals surface area contributed by atoms with E-state index in [9.17, 15) is 9.59 Å². The molecule has 0 spiro atoms. The molecule has 0 radical (unpaired) electrons. The van der Waals surface area contributed by atoms with Gasteiger partial charge in [0, 0.05) is 19.3 Å². The number of methoxy groups -OCH3 is 1. The van der Waals surface area contributed by atoms with E-state index in [0.29, 0.717) is 29.4 Å². The fourth-order valence-corrected chi connectivity index (χ4v) is 3.71. The first kappa shape index (κ1) is 19.7. The minimum Gasteiger partial charge on any atom is -0.497 e. The van der Waals surface area contributed by atoms with Crippen molar-refractivity contribution in [3.63, 3.8) is 0 Å². The lowest BCUT2D eigenvalue weighted by atomic mass is 10.2. The number of rotatable bonds is 5. The van der Waals surface area contributed by atoms with E-state index in [1.54, 1.807) is 35.5 Å². The van der Waals surface area contributed by atoms with Crippen molar-refractivity contribution in [1.29, 1.82) is 0 Å². The van der Waals surface area contributed by atoms with Crippen LogP contribution in [0.25, 0.3) is 17.1 Å². The first-order valence-electron chi connectivity index (χ1n) is 9.72. The molecule has 0 aliphatic rings. The maximum atomic E-state index is 13.4. The summed E-state index contributed by atoms with van der Waals surface area (Å²) in [5, 5.41) is 4.50. The van der Waals surface area contributed by atoms with Gasteiger partial charge in [-0.2, -0.15) is 10.1 Å². The maximum Gasteiger partial charge on any atom is 0.332 e. The first-order valence-corrected chi connectivity index (χ1v) is 9.72. The number of benzene rings is 1. The molecule has 0 atom stereocenters. The van der Waals surface area contributed by atoms with Crippen molar-refractivity contribution in [3.8, 4) is 11.7 Å². The van der Waals surface area contributed by atoms with Gasteiger partial charge in [0.05, 0.1) is 19.3 Å². The Bertz CT molecular complexity index is 1350. The normalized spacial score (nSPS) is 11.4. The zero-order valence-corrected chi connectivity index (χ0v) is 17.7. The number of aryl methyl sites for hydroxylation is 4. The summed E-state index contributed by atoms with van der Waals surface area (Å²) in [5.74, 6) is 1.24. The number of hydrogen-bond donors (Lipinski definition) is 0. The molecule has 9 heteroatoms. The van der Waals surface area contributed by atoms with E-state index < -0.39 is 5.69 Å². The number of imidazole rings is 1. The smallest absolute Gasteiger partial charge is 0.332 e. The minimum atomic E-state index is -0.413. The van der Waals surface area contributed by atoms with Gasteiger partial charge >= 0.3 is 5.69 Å². The molecule has 0 N–H and O–H groups in total. The second kappa shape index (κ2) is 7.33. The third kappa shape index (κ3) is 3.02. The Hall–Kier alpha value is -3.62. The van der Waals surface area contributed by atoms with Crippen LogP contribution < -0.4 is 16.0 Å². The van der Waals surface area contributed by atoms with Crippen molar-refractivity contribution in [2.24, 2.45) is 7.05 Å². The molecule has 0 saturated carbocycles. The Morgan fingerprint density at radius 3 is 2.33 bits per heavy atom. The van der Waals surface area contributed by atoms with Crippen LogP contribution in [0.4, 0.5) is 0 Å². The summed E-state index contributed by atoms with van der Waals surface area (Å²) < 4.78 is 11.3. The number of fused-ring (bicyclic) bond motifs is 1. The molecule has 0 amide bonds. The predicted octanol–water partition coefficient (Wildman–Crippen LogP) is 1.78. The van der Waals surface area contributed by atoms with Crippen molar-refractivity contribution >= 4 is 11.2 Å². The average molecular weight is 408 g/mol. The monoisotopic (exact) mass is 408 g/mol. The topological polar surface area (TPSA) is 88.9 Å². The lowest BCUT2D eigenvalue weighted by molar-refractivity contribution is 0.414. The predicted molar refractivity (Wildman–Crippen MR) is 114 cm³/mol. The Morgan fingerprint density at radius 2 is 1.77 bits per heavy atom. The van der Waals surface area contributed by atoms with Gasteiger partial charge in [0.1, 0.15) is 5.75 Å². The van der Waals surface area contributed by atoms with Crippen LogP contribution in [0.1, 0.15) is 23.9 Å². The van der Waals surface area contributed by atoms with Crippen LogP contribution in [-0.4, -0.2) is 35.6 Å². The van der Waals surface area contributed by atoms with Crippen molar-refractivity contribution in [3.05, 3.63) is 68.1 Å². The fraction of sp³-hybridized carbons (Fsp3) is 0.333. The molecule has 156 valence electrons. The quantitative estimate of drug-likeness (QED) is 0.502.